The molecule has 0 spiro atoms. The molecule has 2 saturated carbocycles. The molecule has 2 nitrogen and oxygen atoms in total. The molecule has 0 aromatic rings. The molecule has 104 valence electrons. The van der Waals surface area contributed by atoms with Gasteiger partial charge < -0.3 is 11.8 Å². The normalized spacial score (nSPS) is 22.4. The Balaban J connectivity index is 0.000000392. The van der Waals surface area contributed by atoms with E-state index in [2.05, 4.69) is 13.8 Å². The largest absolute Gasteiger partial charge is 2.00 e. The van der Waals surface area contributed by atoms with Crippen LogP contribution >= 0.6 is 0 Å². The van der Waals surface area contributed by atoms with E-state index in [1.807, 2.05) is 12.1 Å². The number of nitrogens with zero attached hydrogens (tertiary/aromatic N) is 2. The molecule has 0 amide bonds. The first-order valence-electron chi connectivity index (χ1n) is 6.80. The zero-order chi connectivity index (χ0) is 13.4. The molecule has 2 aliphatic rings. The second kappa shape index (κ2) is 10.1. The van der Waals surface area contributed by atoms with Gasteiger partial charge in [-0.3, -0.25) is 0 Å². The summed E-state index contributed by atoms with van der Waals surface area (Å²) >= 11 is 0. The SMILES string of the molecule is C[C-]1CCC(C=C(C#N)C#N)C1.C[C-]1CCCC1.[Fe+2]. The van der Waals surface area contributed by atoms with Gasteiger partial charge in [-0.2, -0.15) is 50.1 Å². The maximum Gasteiger partial charge on any atom is 2.00 e. The predicted molar refractivity (Wildman–Crippen MR) is 73.0 cm³/mol. The summed E-state index contributed by atoms with van der Waals surface area (Å²) < 4.78 is 0. The summed E-state index contributed by atoms with van der Waals surface area (Å²) in [5.74, 6) is 3.61. The van der Waals surface area contributed by atoms with Gasteiger partial charge >= 0.3 is 17.1 Å². The number of hydrogen-bond donors (Lipinski definition) is 0. The van der Waals surface area contributed by atoms with Crippen molar-refractivity contribution in [1.82, 2.24) is 0 Å². The summed E-state index contributed by atoms with van der Waals surface area (Å²) in [6.07, 6.45) is 10.8. The van der Waals surface area contributed by atoms with Crippen molar-refractivity contribution >= 4 is 0 Å². The van der Waals surface area contributed by atoms with E-state index in [0.717, 1.165) is 19.3 Å². The van der Waals surface area contributed by atoms with Gasteiger partial charge in [0.1, 0.15) is 17.7 Å². The van der Waals surface area contributed by atoms with Crippen LogP contribution in [-0.2, 0) is 17.1 Å². The molecule has 0 saturated heterocycles. The quantitative estimate of drug-likeness (QED) is 0.406. The van der Waals surface area contributed by atoms with Gasteiger partial charge in [0.25, 0.3) is 0 Å². The summed E-state index contributed by atoms with van der Waals surface area (Å²) in [7, 11) is 0. The van der Waals surface area contributed by atoms with Crippen molar-refractivity contribution in [1.29, 1.82) is 10.5 Å². The molecule has 0 aliphatic heterocycles. The Kier molecular flexibility index (Phi) is 9.67. The molecule has 0 heterocycles. The van der Waals surface area contributed by atoms with Gasteiger partial charge in [0.2, 0.25) is 0 Å². The molecule has 19 heavy (non-hydrogen) atoms. The third-order valence-electron chi connectivity index (χ3n) is 3.65. The molecule has 1 unspecified atom stereocenters. The average Bonchev–Trinajstić information content (AvgIpc) is 2.98. The van der Waals surface area contributed by atoms with Gasteiger partial charge in [-0.25, -0.2) is 0 Å². The van der Waals surface area contributed by atoms with Crippen LogP contribution in [0.4, 0.5) is 0 Å². The fraction of sp³-hybridized carbons (Fsp3) is 0.625. The van der Waals surface area contributed by atoms with E-state index in [9.17, 15) is 0 Å². The van der Waals surface area contributed by atoms with Crippen molar-refractivity contribution in [2.75, 3.05) is 0 Å². The maximum absolute atomic E-state index is 8.50. The number of hydrogen-bond acceptors (Lipinski definition) is 2. The van der Waals surface area contributed by atoms with E-state index in [-0.39, 0.29) is 22.6 Å². The van der Waals surface area contributed by atoms with Crippen LogP contribution in [0.25, 0.3) is 0 Å². The fourth-order valence-electron chi connectivity index (χ4n) is 2.54. The van der Waals surface area contributed by atoms with Crippen LogP contribution in [0.5, 0.6) is 0 Å². The molecule has 0 bridgehead atoms. The van der Waals surface area contributed by atoms with E-state index in [1.165, 1.54) is 31.6 Å². The van der Waals surface area contributed by atoms with Gasteiger partial charge in [0.15, 0.2) is 0 Å². The Morgan fingerprint density at radius 3 is 1.95 bits per heavy atom. The molecule has 1 atom stereocenters. The first-order valence-corrected chi connectivity index (χ1v) is 6.80. The third-order valence-corrected chi connectivity index (χ3v) is 3.65. The maximum atomic E-state index is 8.50. The Morgan fingerprint density at radius 1 is 1.05 bits per heavy atom. The summed E-state index contributed by atoms with van der Waals surface area (Å²) in [6.45, 7) is 4.39. The Hall–Kier alpha value is -0.761. The van der Waals surface area contributed by atoms with E-state index in [1.54, 1.807) is 12.0 Å². The van der Waals surface area contributed by atoms with Crippen molar-refractivity contribution in [3.05, 3.63) is 23.5 Å². The molecule has 0 aromatic carbocycles. The minimum atomic E-state index is 0. The summed E-state index contributed by atoms with van der Waals surface area (Å²) in [4.78, 5) is 0. The molecule has 0 aromatic heterocycles. The molecular weight excluding hydrogens is 276 g/mol. The van der Waals surface area contributed by atoms with Gasteiger partial charge in [-0.15, -0.1) is 0 Å². The van der Waals surface area contributed by atoms with Gasteiger partial charge in [-0.05, 0) is 0 Å². The topological polar surface area (TPSA) is 47.6 Å². The Morgan fingerprint density at radius 2 is 1.63 bits per heavy atom. The Bertz CT molecular complexity index is 340. The van der Waals surface area contributed by atoms with Gasteiger partial charge in [-0.1, -0.05) is 31.3 Å². The number of allylic oxidation sites excluding steroid dienone is 2. The molecule has 2 fully saturated rings. The second-order valence-corrected chi connectivity index (χ2v) is 5.43. The van der Waals surface area contributed by atoms with Crippen LogP contribution in [0, 0.1) is 40.4 Å². The van der Waals surface area contributed by atoms with E-state index < -0.39 is 0 Å². The number of rotatable bonds is 1. The fourth-order valence-corrected chi connectivity index (χ4v) is 2.54. The molecular formula is C16H22FeN2. The Labute approximate surface area is 128 Å². The van der Waals surface area contributed by atoms with Gasteiger partial charge in [0.05, 0.1) is 0 Å². The van der Waals surface area contributed by atoms with Crippen molar-refractivity contribution in [3.8, 4) is 12.1 Å². The average molecular weight is 298 g/mol. The first-order chi connectivity index (χ1) is 8.65. The summed E-state index contributed by atoms with van der Waals surface area (Å²) in [5, 5.41) is 17.0. The van der Waals surface area contributed by atoms with Crippen LogP contribution in [0.15, 0.2) is 11.6 Å². The zero-order valence-electron chi connectivity index (χ0n) is 11.9. The van der Waals surface area contributed by atoms with Crippen LogP contribution in [-0.4, -0.2) is 0 Å². The molecule has 0 N–H and O–H groups in total. The minimum Gasteiger partial charge on any atom is -0.317 e. The monoisotopic (exact) mass is 298 g/mol. The standard InChI is InChI=1S/C10H11N2.C6H11.Fe/c1-8-2-3-9(4-8)5-10(6-11)7-12;1-6-4-2-3-5-6;/h5,9H,2-4H2,1H3;2-5H2,1H3;/q2*-1;+2. The van der Waals surface area contributed by atoms with Crippen molar-refractivity contribution < 1.29 is 17.1 Å². The van der Waals surface area contributed by atoms with E-state index in [4.69, 9.17) is 10.5 Å². The van der Waals surface area contributed by atoms with E-state index in [0.29, 0.717) is 5.92 Å². The van der Waals surface area contributed by atoms with Crippen molar-refractivity contribution in [2.24, 2.45) is 5.92 Å². The van der Waals surface area contributed by atoms with Crippen LogP contribution in [0.2, 0.25) is 0 Å². The van der Waals surface area contributed by atoms with Crippen LogP contribution < -0.4 is 0 Å². The minimum absolute atomic E-state index is 0. The molecule has 0 radical (unpaired) electrons. The third kappa shape index (κ3) is 7.41. The molecule has 2 aliphatic carbocycles. The number of nitriles is 2. The predicted octanol–water partition coefficient (Wildman–Crippen LogP) is 4.51. The van der Waals surface area contributed by atoms with Crippen LogP contribution in [0.1, 0.15) is 58.8 Å². The van der Waals surface area contributed by atoms with Crippen molar-refractivity contribution in [2.45, 2.75) is 58.8 Å². The first kappa shape index (κ1) is 18.2. The molecule has 2 rings (SSSR count). The van der Waals surface area contributed by atoms with Gasteiger partial charge in [0, 0.05) is 0 Å². The van der Waals surface area contributed by atoms with E-state index >= 15 is 0 Å². The second-order valence-electron chi connectivity index (χ2n) is 5.43. The molecule has 3 heteroatoms. The van der Waals surface area contributed by atoms with Crippen molar-refractivity contribution in [3.63, 3.8) is 0 Å². The van der Waals surface area contributed by atoms with Crippen LogP contribution in [0.3, 0.4) is 0 Å². The summed E-state index contributed by atoms with van der Waals surface area (Å²) in [6, 6.07) is 3.77. The summed E-state index contributed by atoms with van der Waals surface area (Å²) in [5.41, 5.74) is 0.259. The zero-order valence-corrected chi connectivity index (χ0v) is 13.0. The smallest absolute Gasteiger partial charge is 0.317 e.